The first-order valence-corrected chi connectivity index (χ1v) is 0. The molecule has 0 fully saturated rings. The summed E-state index contributed by atoms with van der Waals surface area (Å²) in [5, 5.41) is 0. The molecular weight excluding hydrogens is 1040 g/mol. The standard InChI is InChI=1S/3Cd.3Ge.4Sb.24H/q;;;3*+4;4*-3;;;;;;;;;;;;;;;;;;;;;;;;. The quantitative estimate of drug-likeness (QED) is 0.212. The molecule has 0 aliphatic heterocycles. The maximum atomic E-state index is 0. The van der Waals surface area contributed by atoms with E-state index in [2.05, 4.69) is 0 Å². The van der Waals surface area contributed by atoms with E-state index >= 15 is 0 Å². The van der Waals surface area contributed by atoms with E-state index < -0.39 is 0 Å². The summed E-state index contributed by atoms with van der Waals surface area (Å²) in [5.74, 6) is 0. The van der Waals surface area contributed by atoms with Crippen LogP contribution in [0.5, 0.6) is 0 Å². The van der Waals surface area contributed by atoms with Gasteiger partial charge >= 0.3 is 151 Å². The summed E-state index contributed by atoms with van der Waals surface area (Å²) < 4.78 is 0. The van der Waals surface area contributed by atoms with E-state index in [1.54, 1.807) is 0 Å². The van der Waals surface area contributed by atoms with Crippen molar-refractivity contribution in [3.05, 3.63) is 0 Å². The van der Waals surface area contributed by atoms with Gasteiger partial charge in [0.1, 0.15) is 0 Å². The predicted molar refractivity (Wildman–Crippen MR) is 73.8 cm³/mol. The van der Waals surface area contributed by atoms with E-state index in [-0.39, 0.29) is 232 Å². The third-order valence-electron chi connectivity index (χ3n) is 0. The van der Waals surface area contributed by atoms with Gasteiger partial charge in [0.2, 0.25) is 0 Å². The van der Waals surface area contributed by atoms with Gasteiger partial charge in [-0.2, -0.15) is 0 Å². The van der Waals surface area contributed by atoms with Gasteiger partial charge in [-0.1, -0.05) is 0 Å². The summed E-state index contributed by atoms with van der Waals surface area (Å²) in [4.78, 5) is 0. The Kier molecular flexibility index (Phi) is 581. The summed E-state index contributed by atoms with van der Waals surface area (Å²) >= 11 is 0. The third kappa shape index (κ3) is 57.3. The van der Waals surface area contributed by atoms with Gasteiger partial charge in [0.25, 0.3) is 0 Å². The van der Waals surface area contributed by atoms with E-state index in [0.29, 0.717) is 0 Å². The number of hydrogen-bond donors (Lipinski definition) is 0. The Balaban J connectivity index is 0. The molecule has 0 aromatic heterocycles. The SMILES string of the molecule is [Cd].[Cd].[Cd].[Ge+4].[Ge+4].[Ge+4].[SbH6-3].[SbH6-3].[SbH6-3].[SbH6-3]. The average molecular weight is 1070 g/mol. The van der Waals surface area contributed by atoms with Crippen molar-refractivity contribution in [1.82, 2.24) is 0 Å². The fourth-order valence-corrected chi connectivity index (χ4v) is 0. The van der Waals surface area contributed by atoms with Gasteiger partial charge in [0.05, 0.1) is 0 Å². The molecular formula is H24Cd3Ge3Sb4. The molecule has 0 heterocycles. The normalized spacial score (nSPS) is 0. The molecule has 0 bridgehead atoms. The second-order valence-corrected chi connectivity index (χ2v) is 0. The third-order valence-corrected chi connectivity index (χ3v) is 0. The van der Waals surface area contributed by atoms with Gasteiger partial charge in [0.15, 0.2) is 0 Å². The minimum absolute atomic E-state index is 0. The van der Waals surface area contributed by atoms with Crippen LogP contribution < -0.4 is 0 Å². The van der Waals surface area contributed by atoms with Crippen LogP contribution in [0.15, 0.2) is 0 Å². The summed E-state index contributed by atoms with van der Waals surface area (Å²) in [6, 6.07) is 0. The van der Waals surface area contributed by atoms with Crippen LogP contribution >= 0.6 is 0 Å². The van der Waals surface area contributed by atoms with Crippen LogP contribution in [0.4, 0.5) is 0 Å². The van der Waals surface area contributed by atoms with Gasteiger partial charge in [-0.25, -0.2) is 0 Å². The summed E-state index contributed by atoms with van der Waals surface area (Å²) in [5.41, 5.74) is 0. The first-order chi connectivity index (χ1) is 0. The van der Waals surface area contributed by atoms with Crippen LogP contribution in [0.25, 0.3) is 0 Å². The molecule has 0 amide bonds. The molecule has 10 heavy (non-hydrogen) atoms. The van der Waals surface area contributed by atoms with Crippen LogP contribution in [0, 0.1) is 0 Å². The van der Waals surface area contributed by atoms with Crippen molar-refractivity contribution in [2.45, 2.75) is 0 Å². The van der Waals surface area contributed by atoms with Crippen molar-refractivity contribution in [2.75, 3.05) is 0 Å². The molecule has 0 aromatic rings. The van der Waals surface area contributed by atoms with E-state index in [1.165, 1.54) is 0 Å². The summed E-state index contributed by atoms with van der Waals surface area (Å²) in [6.45, 7) is 0. The number of hydrogen-bond acceptors (Lipinski definition) is 0. The topological polar surface area (TPSA) is 0 Å². The monoisotopic (exact) mass is 1070 g/mol. The average Bonchev–Trinajstić information content (AvgIpc) is 0. The van der Waals surface area contributed by atoms with Crippen LogP contribution in [-0.4, -0.2) is 151 Å². The van der Waals surface area contributed by atoms with Gasteiger partial charge < -0.3 is 0 Å². The van der Waals surface area contributed by atoms with E-state index in [0.717, 1.165) is 0 Å². The molecule has 0 spiro atoms. The molecule has 0 nitrogen and oxygen atoms in total. The van der Waals surface area contributed by atoms with E-state index in [9.17, 15) is 0 Å². The Hall–Kier alpha value is 7.67. The van der Waals surface area contributed by atoms with Crippen LogP contribution in [-0.2, 0) is 81.9 Å². The Labute approximate surface area is 226 Å². The maximum absolute atomic E-state index is 0. The fraction of sp³-hybridized carbons (Fsp3) is 0. The van der Waals surface area contributed by atoms with Crippen molar-refractivity contribution < 1.29 is 81.9 Å². The first-order valence-electron chi connectivity index (χ1n) is 0. The molecule has 0 aliphatic carbocycles. The molecule has 10 heteroatoms. The molecule has 0 radical (unpaired) electrons. The van der Waals surface area contributed by atoms with Crippen molar-refractivity contribution in [3.8, 4) is 0 Å². The van der Waals surface area contributed by atoms with Crippen molar-refractivity contribution >= 4 is 151 Å². The molecule has 62 valence electrons. The first kappa shape index (κ1) is 83.5. The molecule has 0 rings (SSSR count). The van der Waals surface area contributed by atoms with Crippen LogP contribution in [0.1, 0.15) is 0 Å². The Morgan fingerprint density at radius 3 is 0.300 bits per heavy atom. The number of rotatable bonds is 0. The van der Waals surface area contributed by atoms with Gasteiger partial charge in [0, 0.05) is 81.9 Å². The van der Waals surface area contributed by atoms with E-state index in [1.807, 2.05) is 0 Å². The predicted octanol–water partition coefficient (Wildman–Crippen LogP) is -9.10. The van der Waals surface area contributed by atoms with Gasteiger partial charge in [-0.3, -0.25) is 0 Å². The van der Waals surface area contributed by atoms with Crippen molar-refractivity contribution in [2.24, 2.45) is 0 Å². The molecule has 0 saturated carbocycles. The van der Waals surface area contributed by atoms with Crippen LogP contribution in [0.2, 0.25) is 0 Å². The zero-order chi connectivity index (χ0) is 0. The minimum atomic E-state index is 0. The van der Waals surface area contributed by atoms with E-state index in [4.69, 9.17) is 0 Å². The zero-order valence-corrected chi connectivity index (χ0v) is 22.0. The second-order valence-electron chi connectivity index (χ2n) is 0. The second kappa shape index (κ2) is 69.6. The fourth-order valence-electron chi connectivity index (χ4n) is 0. The Bertz CT molecular complexity index is 15.7. The zero-order valence-electron chi connectivity index (χ0n) is 3.62. The molecule has 0 unspecified atom stereocenters. The van der Waals surface area contributed by atoms with Crippen LogP contribution in [0.3, 0.4) is 0 Å². The molecule has 0 aromatic carbocycles. The van der Waals surface area contributed by atoms with Gasteiger partial charge in [-0.05, 0) is 0 Å². The Morgan fingerprint density at radius 1 is 0.300 bits per heavy atom. The van der Waals surface area contributed by atoms with Crippen molar-refractivity contribution in [1.29, 1.82) is 0 Å². The molecule has 0 N–H and O–H groups in total. The summed E-state index contributed by atoms with van der Waals surface area (Å²) in [7, 11) is 0. The molecule has 0 saturated heterocycles. The molecule has 0 aliphatic rings. The Morgan fingerprint density at radius 2 is 0.300 bits per heavy atom. The van der Waals surface area contributed by atoms with Gasteiger partial charge in [-0.15, -0.1) is 0 Å². The summed E-state index contributed by atoms with van der Waals surface area (Å²) in [6.07, 6.45) is 0. The van der Waals surface area contributed by atoms with Crippen molar-refractivity contribution in [3.63, 3.8) is 0 Å². The molecule has 0 atom stereocenters.